The minimum Gasteiger partial charge on any atom is -0.258 e. The summed E-state index contributed by atoms with van der Waals surface area (Å²) in [6, 6.07) is 24.5. The van der Waals surface area contributed by atoms with E-state index in [1.807, 2.05) is 73.7 Å². The number of fused-ring (bicyclic) bond motifs is 1. The molecule has 0 spiro atoms. The van der Waals surface area contributed by atoms with Crippen molar-refractivity contribution in [3.63, 3.8) is 0 Å². The number of aryl methyl sites for hydroxylation is 1. The Bertz CT molecular complexity index is 1210. The molecule has 1 heterocycles. The molecule has 0 N–H and O–H groups in total. The normalized spacial score (nSPS) is 16.6. The Balaban J connectivity index is 1.93. The average molecular weight is 433 g/mol. The number of amidine groups is 1. The first-order valence-electron chi connectivity index (χ1n) is 10.5. The van der Waals surface area contributed by atoms with Crippen molar-refractivity contribution < 1.29 is 8.42 Å². The van der Waals surface area contributed by atoms with Crippen molar-refractivity contribution in [1.82, 2.24) is 0 Å². The van der Waals surface area contributed by atoms with Gasteiger partial charge in [-0.25, -0.2) is 12.7 Å². The van der Waals surface area contributed by atoms with Crippen LogP contribution in [0.3, 0.4) is 0 Å². The summed E-state index contributed by atoms with van der Waals surface area (Å²) in [5.41, 5.74) is 3.50. The molecule has 160 valence electrons. The quantitative estimate of drug-likeness (QED) is 0.498. The van der Waals surface area contributed by atoms with E-state index in [2.05, 4.69) is 20.8 Å². The lowest BCUT2D eigenvalue weighted by molar-refractivity contribution is 0.431. The van der Waals surface area contributed by atoms with Crippen LogP contribution >= 0.6 is 0 Å². The van der Waals surface area contributed by atoms with Crippen LogP contribution in [0.2, 0.25) is 0 Å². The van der Waals surface area contributed by atoms with E-state index >= 15 is 0 Å². The Labute approximate surface area is 185 Å². The van der Waals surface area contributed by atoms with Crippen LogP contribution in [0, 0.1) is 12.3 Å². The highest BCUT2D eigenvalue weighted by Crippen LogP contribution is 2.42. The van der Waals surface area contributed by atoms with Gasteiger partial charge in [-0.3, -0.25) is 4.99 Å². The van der Waals surface area contributed by atoms with Crippen LogP contribution in [0.15, 0.2) is 88.8 Å². The standard InChI is InChI=1S/C26H28N2O2S/c1-19-14-16-21(17-15-19)31(29,30)28-23-13-9-8-12-22(23)25(20-10-6-5-7-11-20)27-24(28)18-26(2,3)4/h5-17,25H,18H2,1-4H3/t25-/m1/s1. The van der Waals surface area contributed by atoms with Crippen LogP contribution in [0.25, 0.3) is 0 Å². The zero-order chi connectivity index (χ0) is 22.2. The lowest BCUT2D eigenvalue weighted by Crippen LogP contribution is -2.42. The van der Waals surface area contributed by atoms with E-state index in [-0.39, 0.29) is 16.4 Å². The number of sulfonamides is 1. The lowest BCUT2D eigenvalue weighted by atomic mass is 9.89. The van der Waals surface area contributed by atoms with Gasteiger partial charge in [0.25, 0.3) is 10.0 Å². The molecule has 4 rings (SSSR count). The molecule has 3 aromatic carbocycles. The second-order valence-corrected chi connectivity index (χ2v) is 11.0. The molecule has 1 aliphatic heterocycles. The fraction of sp³-hybridized carbons (Fsp3) is 0.269. The minimum atomic E-state index is -3.82. The van der Waals surface area contributed by atoms with Gasteiger partial charge in [-0.15, -0.1) is 0 Å². The molecule has 5 heteroatoms. The van der Waals surface area contributed by atoms with Crippen molar-refractivity contribution in [3.8, 4) is 0 Å². The highest BCUT2D eigenvalue weighted by Gasteiger charge is 2.37. The Kier molecular flexibility index (Phi) is 5.48. The number of aliphatic imine (C=N–C) groups is 1. The van der Waals surface area contributed by atoms with Crippen LogP contribution in [0.1, 0.15) is 49.9 Å². The number of hydrogen-bond acceptors (Lipinski definition) is 3. The largest absolute Gasteiger partial charge is 0.269 e. The zero-order valence-corrected chi connectivity index (χ0v) is 19.2. The van der Waals surface area contributed by atoms with Crippen LogP contribution in [-0.4, -0.2) is 14.3 Å². The maximum atomic E-state index is 13.8. The number of anilines is 1. The van der Waals surface area contributed by atoms with E-state index in [1.165, 1.54) is 4.31 Å². The Morgan fingerprint density at radius 3 is 2.13 bits per heavy atom. The molecular weight excluding hydrogens is 404 g/mol. The van der Waals surface area contributed by atoms with Gasteiger partial charge in [0, 0.05) is 12.0 Å². The van der Waals surface area contributed by atoms with Gasteiger partial charge in [0.2, 0.25) is 0 Å². The first-order valence-corrected chi connectivity index (χ1v) is 11.9. The van der Waals surface area contributed by atoms with Crippen molar-refractivity contribution in [2.75, 3.05) is 4.31 Å². The maximum Gasteiger partial charge on any atom is 0.269 e. The van der Waals surface area contributed by atoms with Crippen LogP contribution in [-0.2, 0) is 10.0 Å². The zero-order valence-electron chi connectivity index (χ0n) is 18.4. The van der Waals surface area contributed by atoms with E-state index in [4.69, 9.17) is 4.99 Å². The summed E-state index contributed by atoms with van der Waals surface area (Å²) in [5.74, 6) is 0.570. The number of para-hydroxylation sites is 1. The topological polar surface area (TPSA) is 49.7 Å². The lowest BCUT2D eigenvalue weighted by Gasteiger charge is -2.36. The van der Waals surface area contributed by atoms with Crippen molar-refractivity contribution in [3.05, 3.63) is 95.6 Å². The monoisotopic (exact) mass is 432 g/mol. The van der Waals surface area contributed by atoms with Gasteiger partial charge in [-0.2, -0.15) is 0 Å². The number of nitrogens with zero attached hydrogens (tertiary/aromatic N) is 2. The molecule has 0 unspecified atom stereocenters. The van der Waals surface area contributed by atoms with Gasteiger partial charge in [-0.05, 0) is 36.1 Å². The highest BCUT2D eigenvalue weighted by molar-refractivity contribution is 7.93. The molecule has 1 aliphatic rings. The van der Waals surface area contributed by atoms with Gasteiger partial charge in [0.05, 0.1) is 10.6 Å². The third-order valence-corrected chi connectivity index (χ3v) is 7.08. The summed E-state index contributed by atoms with van der Waals surface area (Å²) in [6.45, 7) is 8.25. The van der Waals surface area contributed by atoms with Gasteiger partial charge < -0.3 is 0 Å². The molecule has 31 heavy (non-hydrogen) atoms. The number of rotatable bonds is 4. The summed E-state index contributed by atoms with van der Waals surface area (Å²) in [4.78, 5) is 5.30. The molecule has 0 bridgehead atoms. The fourth-order valence-electron chi connectivity index (χ4n) is 3.88. The summed E-state index contributed by atoms with van der Waals surface area (Å²) >= 11 is 0. The van der Waals surface area contributed by atoms with Gasteiger partial charge in [0.15, 0.2) is 0 Å². The number of hydrogen-bond donors (Lipinski definition) is 0. The van der Waals surface area contributed by atoms with E-state index in [0.29, 0.717) is 17.9 Å². The van der Waals surface area contributed by atoms with E-state index in [1.54, 1.807) is 12.1 Å². The molecule has 0 saturated carbocycles. The second-order valence-electron chi connectivity index (χ2n) is 9.24. The predicted octanol–water partition coefficient (Wildman–Crippen LogP) is 6.13. The molecule has 0 aliphatic carbocycles. The van der Waals surface area contributed by atoms with E-state index in [0.717, 1.165) is 16.7 Å². The fourth-order valence-corrected chi connectivity index (χ4v) is 5.38. The highest BCUT2D eigenvalue weighted by atomic mass is 32.2. The van der Waals surface area contributed by atoms with Crippen molar-refractivity contribution in [2.24, 2.45) is 10.4 Å². The smallest absolute Gasteiger partial charge is 0.258 e. The molecule has 0 fully saturated rings. The second kappa shape index (κ2) is 7.97. The van der Waals surface area contributed by atoms with Crippen LogP contribution in [0.4, 0.5) is 5.69 Å². The van der Waals surface area contributed by atoms with Crippen molar-refractivity contribution in [2.45, 2.75) is 45.1 Å². The van der Waals surface area contributed by atoms with Gasteiger partial charge >= 0.3 is 0 Å². The van der Waals surface area contributed by atoms with E-state index in [9.17, 15) is 8.42 Å². The summed E-state index contributed by atoms with van der Waals surface area (Å²) in [6.07, 6.45) is 0.537. The van der Waals surface area contributed by atoms with Gasteiger partial charge in [-0.1, -0.05) is 87.0 Å². The molecule has 0 radical (unpaired) electrons. The summed E-state index contributed by atoms with van der Waals surface area (Å²) < 4.78 is 29.1. The third kappa shape index (κ3) is 4.28. The molecule has 0 saturated heterocycles. The Hall–Kier alpha value is -2.92. The predicted molar refractivity (Wildman–Crippen MR) is 127 cm³/mol. The molecule has 3 aromatic rings. The Morgan fingerprint density at radius 2 is 1.48 bits per heavy atom. The van der Waals surface area contributed by atoms with Crippen LogP contribution in [0.5, 0.6) is 0 Å². The molecule has 4 nitrogen and oxygen atoms in total. The maximum absolute atomic E-state index is 13.8. The molecular formula is C26H28N2O2S. The SMILES string of the molecule is Cc1ccc(S(=O)(=O)N2C(CC(C)(C)C)=N[C@H](c3ccccc3)c3ccccc32)cc1. The van der Waals surface area contributed by atoms with Crippen LogP contribution < -0.4 is 4.31 Å². The minimum absolute atomic E-state index is 0.132. The summed E-state index contributed by atoms with van der Waals surface area (Å²) in [7, 11) is -3.82. The Morgan fingerprint density at radius 1 is 0.871 bits per heavy atom. The van der Waals surface area contributed by atoms with Gasteiger partial charge in [0.1, 0.15) is 11.9 Å². The third-order valence-electron chi connectivity index (χ3n) is 5.33. The first-order chi connectivity index (χ1) is 14.7. The van der Waals surface area contributed by atoms with E-state index < -0.39 is 10.0 Å². The average Bonchev–Trinajstić information content (AvgIpc) is 2.72. The molecule has 1 atom stereocenters. The van der Waals surface area contributed by atoms with Crippen molar-refractivity contribution >= 4 is 21.5 Å². The first kappa shape index (κ1) is 21.3. The molecule has 0 amide bonds. The number of benzene rings is 3. The van der Waals surface area contributed by atoms with Crippen molar-refractivity contribution in [1.29, 1.82) is 0 Å². The summed E-state index contributed by atoms with van der Waals surface area (Å²) in [5, 5.41) is 0. The molecule has 0 aromatic heterocycles.